The molecule has 4 nitrogen and oxygen atoms in total. The summed E-state index contributed by atoms with van der Waals surface area (Å²) in [4.78, 5) is 11.4. The normalized spacial score (nSPS) is 31.3. The number of hydrogen-bond donors (Lipinski definition) is 2. The first-order valence-corrected chi connectivity index (χ1v) is 6.16. The number of hydrogen-bond acceptors (Lipinski definition) is 3. The Bertz CT molecular complexity index is 297. The first-order valence-electron chi connectivity index (χ1n) is 6.16. The van der Waals surface area contributed by atoms with Crippen molar-refractivity contribution in [2.24, 2.45) is 11.8 Å². The van der Waals surface area contributed by atoms with Crippen molar-refractivity contribution in [1.29, 1.82) is 5.26 Å². The maximum absolute atomic E-state index is 11.4. The maximum Gasteiger partial charge on any atom is 0.233 e. The van der Waals surface area contributed by atoms with E-state index in [0.29, 0.717) is 25.6 Å². The summed E-state index contributed by atoms with van der Waals surface area (Å²) in [6.45, 7) is 0.868. The predicted octanol–water partition coefficient (Wildman–Crippen LogP) is 0.794. The van der Waals surface area contributed by atoms with Crippen LogP contribution in [0.25, 0.3) is 0 Å². The molecule has 2 N–H and O–H groups in total. The fourth-order valence-corrected chi connectivity index (χ4v) is 3.04. The molecule has 0 heterocycles. The first kappa shape index (κ1) is 11.4. The van der Waals surface area contributed by atoms with Crippen LogP contribution in [0.4, 0.5) is 0 Å². The highest BCUT2D eigenvalue weighted by molar-refractivity contribution is 5.78. The number of rotatable bonds is 5. The van der Waals surface area contributed by atoms with E-state index >= 15 is 0 Å². The van der Waals surface area contributed by atoms with Crippen molar-refractivity contribution in [1.82, 2.24) is 10.6 Å². The minimum Gasteiger partial charge on any atom is -0.354 e. The number of carbonyl (C=O) groups excluding carboxylic acids is 1. The maximum atomic E-state index is 11.4. The standard InChI is InChI=1S/C12H19N3O/c13-4-1-5-14-12(16)8-15-11-7-9-2-3-10(11)6-9/h9-11,15H,1-3,5-8H2,(H,14,16). The fraction of sp³-hybridized carbons (Fsp3) is 0.833. The Balaban J connectivity index is 1.61. The molecule has 0 aromatic heterocycles. The third-order valence-corrected chi connectivity index (χ3v) is 3.82. The zero-order valence-corrected chi connectivity index (χ0v) is 9.54. The minimum absolute atomic E-state index is 0.0121. The van der Waals surface area contributed by atoms with Crippen molar-refractivity contribution in [3.8, 4) is 6.07 Å². The molecule has 0 saturated heterocycles. The lowest BCUT2D eigenvalue weighted by atomic mass is 9.95. The third kappa shape index (κ3) is 2.73. The second kappa shape index (κ2) is 5.31. The average molecular weight is 221 g/mol. The van der Waals surface area contributed by atoms with Crippen LogP contribution >= 0.6 is 0 Å². The minimum atomic E-state index is 0.0121. The molecule has 16 heavy (non-hydrogen) atoms. The number of nitrogens with one attached hydrogen (secondary N) is 2. The summed E-state index contributed by atoms with van der Waals surface area (Å²) in [6, 6.07) is 2.56. The van der Waals surface area contributed by atoms with Crippen LogP contribution in [0.1, 0.15) is 32.1 Å². The molecular formula is C12H19N3O. The Morgan fingerprint density at radius 1 is 1.38 bits per heavy atom. The SMILES string of the molecule is N#CCCNC(=O)CNC1CC2CCC1C2. The molecular weight excluding hydrogens is 202 g/mol. The quantitative estimate of drug-likeness (QED) is 0.675. The Morgan fingerprint density at radius 2 is 2.25 bits per heavy atom. The van der Waals surface area contributed by atoms with Crippen LogP contribution in [-0.4, -0.2) is 25.0 Å². The number of carbonyl (C=O) groups is 1. The zero-order valence-electron chi connectivity index (χ0n) is 9.54. The topological polar surface area (TPSA) is 64.9 Å². The van der Waals surface area contributed by atoms with E-state index in [2.05, 4.69) is 10.6 Å². The van der Waals surface area contributed by atoms with Gasteiger partial charge in [0, 0.05) is 12.6 Å². The van der Waals surface area contributed by atoms with E-state index in [-0.39, 0.29) is 5.91 Å². The zero-order chi connectivity index (χ0) is 11.4. The van der Waals surface area contributed by atoms with E-state index in [1.165, 1.54) is 25.7 Å². The van der Waals surface area contributed by atoms with Gasteiger partial charge in [-0.2, -0.15) is 5.26 Å². The van der Waals surface area contributed by atoms with Gasteiger partial charge in [0.1, 0.15) is 0 Å². The lowest BCUT2D eigenvalue weighted by molar-refractivity contribution is -0.120. The average Bonchev–Trinajstić information content (AvgIpc) is 2.88. The molecule has 0 aromatic carbocycles. The molecule has 2 rings (SSSR count). The van der Waals surface area contributed by atoms with Gasteiger partial charge < -0.3 is 10.6 Å². The molecule has 3 atom stereocenters. The summed E-state index contributed by atoms with van der Waals surface area (Å²) in [5.74, 6) is 1.72. The molecule has 2 aliphatic rings. The number of nitriles is 1. The van der Waals surface area contributed by atoms with E-state index in [4.69, 9.17) is 5.26 Å². The highest BCUT2D eigenvalue weighted by Gasteiger charge is 2.39. The highest BCUT2D eigenvalue weighted by atomic mass is 16.1. The number of fused-ring (bicyclic) bond motifs is 2. The summed E-state index contributed by atoms with van der Waals surface area (Å²) >= 11 is 0. The van der Waals surface area contributed by atoms with Crippen LogP contribution in [0, 0.1) is 23.2 Å². The second-order valence-corrected chi connectivity index (χ2v) is 4.92. The van der Waals surface area contributed by atoms with Gasteiger partial charge in [-0.1, -0.05) is 6.42 Å². The van der Waals surface area contributed by atoms with Gasteiger partial charge in [-0.05, 0) is 31.1 Å². The lowest BCUT2D eigenvalue weighted by Gasteiger charge is -2.22. The van der Waals surface area contributed by atoms with Crippen LogP contribution in [0.3, 0.4) is 0 Å². The lowest BCUT2D eigenvalue weighted by Crippen LogP contribution is -2.41. The first-order chi connectivity index (χ1) is 7.79. The van der Waals surface area contributed by atoms with Crippen LogP contribution in [0.2, 0.25) is 0 Å². The van der Waals surface area contributed by atoms with E-state index < -0.39 is 0 Å². The van der Waals surface area contributed by atoms with E-state index in [1.807, 2.05) is 6.07 Å². The molecule has 0 spiro atoms. The Kier molecular flexibility index (Phi) is 3.79. The summed E-state index contributed by atoms with van der Waals surface area (Å²) in [7, 11) is 0. The molecule has 2 saturated carbocycles. The monoisotopic (exact) mass is 221 g/mol. The Hall–Kier alpha value is -1.08. The molecule has 0 aliphatic heterocycles. The molecule has 4 heteroatoms. The van der Waals surface area contributed by atoms with Gasteiger partial charge in [-0.3, -0.25) is 4.79 Å². The van der Waals surface area contributed by atoms with E-state index in [0.717, 1.165) is 11.8 Å². The summed E-state index contributed by atoms with van der Waals surface area (Å²) < 4.78 is 0. The van der Waals surface area contributed by atoms with Crippen molar-refractivity contribution in [2.45, 2.75) is 38.1 Å². The molecule has 0 radical (unpaired) electrons. The fourth-order valence-electron chi connectivity index (χ4n) is 3.04. The van der Waals surface area contributed by atoms with Gasteiger partial charge >= 0.3 is 0 Å². The van der Waals surface area contributed by atoms with Gasteiger partial charge in [0.15, 0.2) is 0 Å². The third-order valence-electron chi connectivity index (χ3n) is 3.82. The van der Waals surface area contributed by atoms with Crippen LogP contribution < -0.4 is 10.6 Å². The molecule has 2 aliphatic carbocycles. The summed E-state index contributed by atoms with van der Waals surface area (Å²) in [6.07, 6.45) is 5.71. The second-order valence-electron chi connectivity index (χ2n) is 4.92. The van der Waals surface area contributed by atoms with Crippen molar-refractivity contribution >= 4 is 5.91 Å². The van der Waals surface area contributed by atoms with Crippen molar-refractivity contribution in [3.05, 3.63) is 0 Å². The van der Waals surface area contributed by atoms with Gasteiger partial charge in [0.2, 0.25) is 5.91 Å². The van der Waals surface area contributed by atoms with Crippen LogP contribution in [-0.2, 0) is 4.79 Å². The smallest absolute Gasteiger partial charge is 0.233 e. The molecule has 2 bridgehead atoms. The Morgan fingerprint density at radius 3 is 2.88 bits per heavy atom. The molecule has 0 aromatic rings. The number of nitrogens with zero attached hydrogens (tertiary/aromatic N) is 1. The van der Waals surface area contributed by atoms with E-state index in [9.17, 15) is 4.79 Å². The van der Waals surface area contributed by atoms with Gasteiger partial charge in [0.25, 0.3) is 0 Å². The van der Waals surface area contributed by atoms with Gasteiger partial charge in [-0.25, -0.2) is 0 Å². The number of amides is 1. The van der Waals surface area contributed by atoms with Crippen LogP contribution in [0.15, 0.2) is 0 Å². The van der Waals surface area contributed by atoms with Gasteiger partial charge in [0.05, 0.1) is 19.0 Å². The van der Waals surface area contributed by atoms with E-state index in [1.54, 1.807) is 0 Å². The van der Waals surface area contributed by atoms with Crippen LogP contribution in [0.5, 0.6) is 0 Å². The summed E-state index contributed by atoms with van der Waals surface area (Å²) in [5, 5.41) is 14.4. The highest BCUT2D eigenvalue weighted by Crippen LogP contribution is 2.44. The van der Waals surface area contributed by atoms with Crippen molar-refractivity contribution in [3.63, 3.8) is 0 Å². The van der Waals surface area contributed by atoms with Gasteiger partial charge in [-0.15, -0.1) is 0 Å². The molecule has 2 fully saturated rings. The Labute approximate surface area is 96.4 Å². The largest absolute Gasteiger partial charge is 0.354 e. The van der Waals surface area contributed by atoms with Crippen molar-refractivity contribution in [2.75, 3.05) is 13.1 Å². The van der Waals surface area contributed by atoms with Crippen molar-refractivity contribution < 1.29 is 4.79 Å². The molecule has 88 valence electrons. The summed E-state index contributed by atoms with van der Waals surface area (Å²) in [5.41, 5.74) is 0. The molecule has 3 unspecified atom stereocenters. The predicted molar refractivity (Wildman–Crippen MR) is 60.5 cm³/mol. The molecule has 1 amide bonds.